The van der Waals surface area contributed by atoms with Crippen LogP contribution < -0.4 is 11.1 Å². The van der Waals surface area contributed by atoms with E-state index in [4.69, 9.17) is 5.73 Å². The number of hydrogen-bond acceptors (Lipinski definition) is 5. The van der Waals surface area contributed by atoms with Gasteiger partial charge >= 0.3 is 0 Å². The Labute approximate surface area is 89.6 Å². The van der Waals surface area contributed by atoms with Crippen LogP contribution in [0.5, 0.6) is 0 Å². The van der Waals surface area contributed by atoms with Gasteiger partial charge in [-0.3, -0.25) is 4.98 Å². The van der Waals surface area contributed by atoms with E-state index < -0.39 is 9.84 Å². The maximum Gasteiger partial charge on any atom is 0.147 e. The third kappa shape index (κ3) is 4.64. The van der Waals surface area contributed by atoms with Crippen LogP contribution in [0.1, 0.15) is 6.42 Å². The molecule has 0 aliphatic rings. The smallest absolute Gasteiger partial charge is 0.147 e. The second kappa shape index (κ2) is 4.97. The summed E-state index contributed by atoms with van der Waals surface area (Å²) in [5.74, 6) is 0.186. The monoisotopic (exact) mass is 229 g/mol. The molecular formula is C9H15N3O2S. The van der Waals surface area contributed by atoms with Crippen LogP contribution in [0.3, 0.4) is 0 Å². The SMILES string of the molecule is CS(=O)(=O)CCCNc1ccncc1N. The van der Waals surface area contributed by atoms with Gasteiger partial charge in [-0.1, -0.05) is 0 Å². The van der Waals surface area contributed by atoms with Gasteiger partial charge in [0.25, 0.3) is 0 Å². The number of nitrogen functional groups attached to an aromatic ring is 1. The van der Waals surface area contributed by atoms with Gasteiger partial charge in [-0.2, -0.15) is 0 Å². The van der Waals surface area contributed by atoms with E-state index in [1.165, 1.54) is 6.26 Å². The Morgan fingerprint density at radius 1 is 1.53 bits per heavy atom. The molecule has 1 heterocycles. The lowest BCUT2D eigenvalue weighted by atomic mass is 10.3. The van der Waals surface area contributed by atoms with Gasteiger partial charge < -0.3 is 11.1 Å². The first-order valence-corrected chi connectivity index (χ1v) is 6.66. The number of hydrogen-bond donors (Lipinski definition) is 2. The molecule has 1 rings (SSSR count). The summed E-state index contributed by atoms with van der Waals surface area (Å²) in [6, 6.07) is 1.76. The molecule has 0 radical (unpaired) electrons. The fourth-order valence-electron chi connectivity index (χ4n) is 1.13. The van der Waals surface area contributed by atoms with Gasteiger partial charge in [-0.15, -0.1) is 0 Å². The molecule has 0 fully saturated rings. The van der Waals surface area contributed by atoms with Crippen molar-refractivity contribution in [1.29, 1.82) is 0 Å². The van der Waals surface area contributed by atoms with E-state index >= 15 is 0 Å². The van der Waals surface area contributed by atoms with Gasteiger partial charge in [0.2, 0.25) is 0 Å². The van der Waals surface area contributed by atoms with Crippen molar-refractivity contribution >= 4 is 21.2 Å². The van der Waals surface area contributed by atoms with Crippen LogP contribution in [0.2, 0.25) is 0 Å². The molecule has 0 aliphatic heterocycles. The minimum Gasteiger partial charge on any atom is -0.396 e. The van der Waals surface area contributed by atoms with Crippen molar-refractivity contribution in [2.24, 2.45) is 0 Å². The summed E-state index contributed by atoms with van der Waals surface area (Å²) in [6.45, 7) is 0.585. The van der Waals surface area contributed by atoms with Crippen molar-refractivity contribution in [1.82, 2.24) is 4.98 Å². The third-order valence-corrected chi connectivity index (χ3v) is 2.89. The summed E-state index contributed by atoms with van der Waals surface area (Å²) >= 11 is 0. The molecule has 0 aliphatic carbocycles. The maximum absolute atomic E-state index is 10.8. The molecule has 84 valence electrons. The van der Waals surface area contributed by atoms with Crippen molar-refractivity contribution in [3.63, 3.8) is 0 Å². The fraction of sp³-hybridized carbons (Fsp3) is 0.444. The highest BCUT2D eigenvalue weighted by atomic mass is 32.2. The number of rotatable bonds is 5. The van der Waals surface area contributed by atoms with Gasteiger partial charge in [0.05, 0.1) is 23.3 Å². The Morgan fingerprint density at radius 2 is 2.27 bits per heavy atom. The van der Waals surface area contributed by atoms with Gasteiger partial charge in [-0.25, -0.2) is 8.42 Å². The summed E-state index contributed by atoms with van der Waals surface area (Å²) in [5.41, 5.74) is 7.00. The van der Waals surface area contributed by atoms with Gasteiger partial charge in [0.15, 0.2) is 0 Å². The van der Waals surface area contributed by atoms with Crippen molar-refractivity contribution < 1.29 is 8.42 Å². The standard InChI is InChI=1S/C9H15N3O2S/c1-15(13,14)6-2-4-12-9-3-5-11-7-8(9)10/h3,5,7H,2,4,6,10H2,1H3,(H,11,12). The zero-order valence-corrected chi connectivity index (χ0v) is 9.42. The van der Waals surface area contributed by atoms with E-state index in [9.17, 15) is 8.42 Å². The lowest BCUT2D eigenvalue weighted by Crippen LogP contribution is -2.10. The van der Waals surface area contributed by atoms with E-state index in [0.717, 1.165) is 5.69 Å². The minimum absolute atomic E-state index is 0.186. The molecule has 0 aromatic carbocycles. The zero-order valence-electron chi connectivity index (χ0n) is 8.60. The Morgan fingerprint density at radius 3 is 2.87 bits per heavy atom. The Kier molecular flexibility index (Phi) is 3.90. The van der Waals surface area contributed by atoms with E-state index in [0.29, 0.717) is 18.7 Å². The van der Waals surface area contributed by atoms with E-state index in [-0.39, 0.29) is 5.75 Å². The van der Waals surface area contributed by atoms with Crippen LogP contribution in [0.15, 0.2) is 18.5 Å². The molecule has 0 bridgehead atoms. The highest BCUT2D eigenvalue weighted by Gasteiger charge is 2.01. The number of pyridine rings is 1. The quantitative estimate of drug-likeness (QED) is 0.719. The molecule has 0 spiro atoms. The molecule has 0 saturated carbocycles. The highest BCUT2D eigenvalue weighted by molar-refractivity contribution is 7.90. The largest absolute Gasteiger partial charge is 0.396 e. The van der Waals surface area contributed by atoms with Crippen molar-refractivity contribution in [2.75, 3.05) is 29.6 Å². The average Bonchev–Trinajstić information content (AvgIpc) is 2.13. The zero-order chi connectivity index (χ0) is 11.3. The number of anilines is 2. The van der Waals surface area contributed by atoms with Crippen LogP contribution in [0.25, 0.3) is 0 Å². The number of nitrogens with one attached hydrogen (secondary N) is 1. The summed E-state index contributed by atoms with van der Waals surface area (Å²) in [7, 11) is -2.87. The molecule has 0 atom stereocenters. The van der Waals surface area contributed by atoms with Gasteiger partial charge in [0, 0.05) is 19.0 Å². The summed E-state index contributed by atoms with van der Waals surface area (Å²) < 4.78 is 21.7. The molecule has 0 saturated heterocycles. The maximum atomic E-state index is 10.8. The topological polar surface area (TPSA) is 85.1 Å². The molecule has 15 heavy (non-hydrogen) atoms. The summed E-state index contributed by atoms with van der Waals surface area (Å²) in [4.78, 5) is 3.85. The van der Waals surface area contributed by atoms with E-state index in [2.05, 4.69) is 10.3 Å². The Bertz CT molecular complexity index is 417. The van der Waals surface area contributed by atoms with Crippen LogP contribution in [-0.2, 0) is 9.84 Å². The summed E-state index contributed by atoms with van der Waals surface area (Å²) in [6.07, 6.45) is 4.99. The second-order valence-corrected chi connectivity index (χ2v) is 5.63. The van der Waals surface area contributed by atoms with Crippen LogP contribution in [0, 0.1) is 0 Å². The Balaban J connectivity index is 2.36. The number of nitrogens with two attached hydrogens (primary N) is 1. The van der Waals surface area contributed by atoms with Crippen molar-refractivity contribution in [3.05, 3.63) is 18.5 Å². The minimum atomic E-state index is -2.87. The molecule has 0 amide bonds. The van der Waals surface area contributed by atoms with Gasteiger partial charge in [0.1, 0.15) is 9.84 Å². The second-order valence-electron chi connectivity index (χ2n) is 3.37. The fourth-order valence-corrected chi connectivity index (χ4v) is 1.79. The summed E-state index contributed by atoms with van der Waals surface area (Å²) in [5, 5.41) is 3.06. The van der Waals surface area contributed by atoms with Crippen molar-refractivity contribution in [3.8, 4) is 0 Å². The molecular weight excluding hydrogens is 214 g/mol. The average molecular weight is 229 g/mol. The lowest BCUT2D eigenvalue weighted by molar-refractivity contribution is 0.600. The van der Waals surface area contributed by atoms with Gasteiger partial charge in [-0.05, 0) is 12.5 Å². The first-order chi connectivity index (χ1) is 6.99. The molecule has 1 aromatic rings. The Hall–Kier alpha value is -1.30. The van der Waals surface area contributed by atoms with E-state index in [1.54, 1.807) is 18.5 Å². The van der Waals surface area contributed by atoms with Crippen LogP contribution in [0.4, 0.5) is 11.4 Å². The number of aromatic nitrogens is 1. The van der Waals surface area contributed by atoms with Crippen LogP contribution in [-0.4, -0.2) is 32.0 Å². The third-order valence-electron chi connectivity index (χ3n) is 1.86. The first kappa shape index (κ1) is 11.8. The molecule has 3 N–H and O–H groups in total. The molecule has 6 heteroatoms. The lowest BCUT2D eigenvalue weighted by Gasteiger charge is -2.07. The number of sulfone groups is 1. The van der Waals surface area contributed by atoms with Crippen molar-refractivity contribution in [2.45, 2.75) is 6.42 Å². The highest BCUT2D eigenvalue weighted by Crippen LogP contribution is 2.14. The van der Waals surface area contributed by atoms with Crippen LogP contribution >= 0.6 is 0 Å². The predicted molar refractivity (Wildman–Crippen MR) is 61.5 cm³/mol. The molecule has 1 aromatic heterocycles. The predicted octanol–water partition coefficient (Wildman–Crippen LogP) is 0.510. The normalized spacial score (nSPS) is 11.3. The molecule has 0 unspecified atom stereocenters. The molecule has 5 nitrogen and oxygen atoms in total. The number of nitrogens with zero attached hydrogens (tertiary/aromatic N) is 1. The van der Waals surface area contributed by atoms with E-state index in [1.807, 2.05) is 0 Å². The first-order valence-electron chi connectivity index (χ1n) is 4.60.